The van der Waals surface area contributed by atoms with Crippen LogP contribution in [-0.4, -0.2) is 48.4 Å². The van der Waals surface area contributed by atoms with E-state index in [4.69, 9.17) is 11.6 Å². The number of nitrogens with zero attached hydrogens (tertiary/aromatic N) is 2. The molecule has 1 amide bonds. The second kappa shape index (κ2) is 8.07. The van der Waals surface area contributed by atoms with Gasteiger partial charge in [0.1, 0.15) is 5.82 Å². The average Bonchev–Trinajstić information content (AvgIpc) is 2.96. The van der Waals surface area contributed by atoms with Crippen LogP contribution in [0.4, 0.5) is 10.1 Å². The minimum absolute atomic E-state index is 0.182. The monoisotopic (exact) mass is 367 g/mol. The third-order valence-corrected chi connectivity index (χ3v) is 5.20. The number of amides is 1. The Kier molecular flexibility index (Phi) is 5.84. The molecule has 7 heteroatoms. The fraction of sp³-hybridized carbons (Fsp3) is 0.353. The van der Waals surface area contributed by atoms with Gasteiger partial charge in [0.15, 0.2) is 0 Å². The number of carbonyl (C=O) groups is 1. The van der Waals surface area contributed by atoms with Crippen molar-refractivity contribution in [3.63, 3.8) is 0 Å². The van der Waals surface area contributed by atoms with Crippen molar-refractivity contribution >= 4 is 34.5 Å². The molecule has 1 aromatic heterocycles. The first-order valence-corrected chi connectivity index (χ1v) is 9.03. The van der Waals surface area contributed by atoms with Crippen molar-refractivity contribution < 1.29 is 9.18 Å². The molecule has 0 bridgehead atoms. The Morgan fingerprint density at radius 3 is 2.50 bits per heavy atom. The lowest BCUT2D eigenvalue weighted by molar-refractivity contribution is -0.117. The summed E-state index contributed by atoms with van der Waals surface area (Å²) in [5.41, 5.74) is 0.232. The summed E-state index contributed by atoms with van der Waals surface area (Å²) in [6, 6.07) is 10.2. The maximum atomic E-state index is 13.5. The smallest absolute Gasteiger partial charge is 0.238 e. The quantitative estimate of drug-likeness (QED) is 0.880. The molecular weight excluding hydrogens is 349 g/mol. The van der Waals surface area contributed by atoms with Crippen molar-refractivity contribution in [1.82, 2.24) is 9.80 Å². The molecule has 0 atom stereocenters. The Balaban J connectivity index is 1.43. The van der Waals surface area contributed by atoms with E-state index in [1.165, 1.54) is 10.9 Å². The SMILES string of the molecule is O=C(CN1CCN(Cc2ccc(Cl)s2)CC1)Nc1ccccc1F. The van der Waals surface area contributed by atoms with E-state index >= 15 is 0 Å². The lowest BCUT2D eigenvalue weighted by Crippen LogP contribution is -2.48. The number of anilines is 1. The van der Waals surface area contributed by atoms with Gasteiger partial charge in [0, 0.05) is 37.6 Å². The lowest BCUT2D eigenvalue weighted by atomic mass is 10.3. The molecule has 3 rings (SSSR count). The summed E-state index contributed by atoms with van der Waals surface area (Å²) in [6.07, 6.45) is 0. The average molecular weight is 368 g/mol. The number of hydrogen-bond donors (Lipinski definition) is 1. The van der Waals surface area contributed by atoms with Crippen molar-refractivity contribution in [1.29, 1.82) is 0 Å². The van der Waals surface area contributed by atoms with E-state index in [1.807, 2.05) is 6.07 Å². The van der Waals surface area contributed by atoms with E-state index < -0.39 is 5.82 Å². The Morgan fingerprint density at radius 1 is 1.12 bits per heavy atom. The van der Waals surface area contributed by atoms with Crippen LogP contribution in [0.5, 0.6) is 0 Å². The van der Waals surface area contributed by atoms with Crippen molar-refractivity contribution in [2.24, 2.45) is 0 Å². The van der Waals surface area contributed by atoms with Crippen molar-refractivity contribution in [3.8, 4) is 0 Å². The normalized spacial score (nSPS) is 16.2. The van der Waals surface area contributed by atoms with Gasteiger partial charge in [-0.25, -0.2) is 4.39 Å². The summed E-state index contributed by atoms with van der Waals surface area (Å²) in [7, 11) is 0. The fourth-order valence-electron chi connectivity index (χ4n) is 2.72. The molecular formula is C17H19ClFN3OS. The number of hydrogen-bond acceptors (Lipinski definition) is 4. The van der Waals surface area contributed by atoms with Crippen molar-refractivity contribution in [3.05, 3.63) is 51.4 Å². The second-order valence-electron chi connectivity index (χ2n) is 5.79. The number of benzene rings is 1. The summed E-state index contributed by atoms with van der Waals surface area (Å²) in [5, 5.41) is 2.63. The summed E-state index contributed by atoms with van der Waals surface area (Å²) < 4.78 is 14.4. The molecule has 1 N–H and O–H groups in total. The molecule has 4 nitrogen and oxygen atoms in total. The zero-order valence-corrected chi connectivity index (χ0v) is 14.7. The van der Waals surface area contributed by atoms with Gasteiger partial charge in [-0.15, -0.1) is 11.3 Å². The van der Waals surface area contributed by atoms with Crippen LogP contribution in [0.25, 0.3) is 0 Å². The Morgan fingerprint density at radius 2 is 1.83 bits per heavy atom. The van der Waals surface area contributed by atoms with Gasteiger partial charge in [-0.1, -0.05) is 23.7 Å². The summed E-state index contributed by atoms with van der Waals surface area (Å²) in [6.45, 7) is 4.64. The molecule has 0 aliphatic carbocycles. The minimum atomic E-state index is -0.412. The second-order valence-corrected chi connectivity index (χ2v) is 7.59. The number of thiophene rings is 1. The first kappa shape index (κ1) is 17.4. The third-order valence-electron chi connectivity index (χ3n) is 3.99. The number of rotatable bonds is 5. The van der Waals surface area contributed by atoms with Crippen LogP contribution in [-0.2, 0) is 11.3 Å². The topological polar surface area (TPSA) is 35.6 Å². The highest BCUT2D eigenvalue weighted by Gasteiger charge is 2.19. The first-order chi connectivity index (χ1) is 11.6. The Labute approximate surface area is 149 Å². The highest BCUT2D eigenvalue weighted by atomic mass is 35.5. The van der Waals surface area contributed by atoms with E-state index in [0.717, 1.165) is 37.1 Å². The molecule has 2 heterocycles. The molecule has 0 unspecified atom stereocenters. The van der Waals surface area contributed by atoms with Gasteiger partial charge in [-0.2, -0.15) is 0 Å². The number of carbonyl (C=O) groups excluding carboxylic acids is 1. The molecule has 1 fully saturated rings. The molecule has 128 valence electrons. The van der Waals surface area contributed by atoms with Gasteiger partial charge < -0.3 is 5.32 Å². The van der Waals surface area contributed by atoms with Crippen LogP contribution in [0.1, 0.15) is 4.88 Å². The largest absolute Gasteiger partial charge is 0.322 e. The predicted octanol–water partition coefficient (Wildman–Crippen LogP) is 3.30. The van der Waals surface area contributed by atoms with Crippen LogP contribution in [0.3, 0.4) is 0 Å². The number of halogens is 2. The molecule has 0 saturated carbocycles. The van der Waals surface area contributed by atoms with E-state index in [0.29, 0.717) is 0 Å². The molecule has 2 aromatic rings. The van der Waals surface area contributed by atoms with E-state index in [9.17, 15) is 9.18 Å². The Hall–Kier alpha value is -1.47. The van der Waals surface area contributed by atoms with Gasteiger partial charge in [0.25, 0.3) is 0 Å². The van der Waals surface area contributed by atoms with Gasteiger partial charge in [0.2, 0.25) is 5.91 Å². The lowest BCUT2D eigenvalue weighted by Gasteiger charge is -2.34. The summed E-state index contributed by atoms with van der Waals surface area (Å²) in [5.74, 6) is -0.594. The van der Waals surface area contributed by atoms with E-state index in [1.54, 1.807) is 29.5 Å². The molecule has 1 aromatic carbocycles. The van der Waals surface area contributed by atoms with Crippen LogP contribution in [0.2, 0.25) is 4.34 Å². The molecule has 0 spiro atoms. The van der Waals surface area contributed by atoms with Gasteiger partial charge in [-0.05, 0) is 24.3 Å². The Bertz CT molecular complexity index is 701. The standard InChI is InChI=1S/C17H19ClFN3OS/c18-16-6-5-13(24-16)11-21-7-9-22(10-8-21)12-17(23)20-15-4-2-1-3-14(15)19/h1-6H,7-12H2,(H,20,23). The predicted molar refractivity (Wildman–Crippen MR) is 96.1 cm³/mol. The molecule has 1 aliphatic rings. The molecule has 1 saturated heterocycles. The van der Waals surface area contributed by atoms with Gasteiger partial charge >= 0.3 is 0 Å². The maximum Gasteiger partial charge on any atom is 0.238 e. The zero-order valence-electron chi connectivity index (χ0n) is 13.2. The van der Waals surface area contributed by atoms with E-state index in [2.05, 4.69) is 21.2 Å². The van der Waals surface area contributed by atoms with Gasteiger partial charge in [-0.3, -0.25) is 14.6 Å². The van der Waals surface area contributed by atoms with E-state index in [-0.39, 0.29) is 18.1 Å². The fourth-order valence-corrected chi connectivity index (χ4v) is 3.85. The van der Waals surface area contributed by atoms with Crippen molar-refractivity contribution in [2.75, 3.05) is 38.0 Å². The first-order valence-electron chi connectivity index (χ1n) is 7.83. The number of para-hydroxylation sites is 1. The minimum Gasteiger partial charge on any atom is -0.322 e. The van der Waals surface area contributed by atoms with Crippen LogP contribution in [0, 0.1) is 5.82 Å². The van der Waals surface area contributed by atoms with Crippen molar-refractivity contribution in [2.45, 2.75) is 6.54 Å². The van der Waals surface area contributed by atoms with Gasteiger partial charge in [0.05, 0.1) is 16.6 Å². The number of nitrogens with one attached hydrogen (secondary N) is 1. The molecule has 0 radical (unpaired) electrons. The van der Waals surface area contributed by atoms with Crippen LogP contribution < -0.4 is 5.32 Å². The molecule has 1 aliphatic heterocycles. The zero-order chi connectivity index (χ0) is 16.9. The molecule has 24 heavy (non-hydrogen) atoms. The van der Waals surface area contributed by atoms with Crippen LogP contribution >= 0.6 is 22.9 Å². The maximum absolute atomic E-state index is 13.5. The summed E-state index contributed by atoms with van der Waals surface area (Å²) >= 11 is 7.56. The highest BCUT2D eigenvalue weighted by molar-refractivity contribution is 7.16. The summed E-state index contributed by atoms with van der Waals surface area (Å²) in [4.78, 5) is 17.8. The highest BCUT2D eigenvalue weighted by Crippen LogP contribution is 2.23. The third kappa shape index (κ3) is 4.77. The number of piperazine rings is 1. The van der Waals surface area contributed by atoms with Crippen LogP contribution in [0.15, 0.2) is 36.4 Å².